The summed E-state index contributed by atoms with van der Waals surface area (Å²) in [5, 5.41) is 8.33. The molecule has 110 valence electrons. The Balaban J connectivity index is 1.60. The Hall–Kier alpha value is -2.62. The molecule has 3 aromatic rings. The summed E-state index contributed by atoms with van der Waals surface area (Å²) in [5.41, 5.74) is 2.07. The van der Waals surface area contributed by atoms with Crippen molar-refractivity contribution in [2.45, 2.75) is 25.4 Å². The van der Waals surface area contributed by atoms with Gasteiger partial charge in [-0.05, 0) is 30.5 Å². The maximum absolute atomic E-state index is 11.8. The first-order chi connectivity index (χ1) is 10.8. The van der Waals surface area contributed by atoms with Crippen LogP contribution >= 0.6 is 0 Å². The highest BCUT2D eigenvalue weighted by Crippen LogP contribution is 2.32. The van der Waals surface area contributed by atoms with Crippen molar-refractivity contribution in [1.82, 2.24) is 10.2 Å². The van der Waals surface area contributed by atoms with Crippen molar-refractivity contribution in [2.24, 2.45) is 0 Å². The van der Waals surface area contributed by atoms with Gasteiger partial charge in [0, 0.05) is 6.42 Å². The number of ether oxygens (including phenoxy) is 1. The Labute approximate surface area is 127 Å². The zero-order chi connectivity index (χ0) is 14.9. The van der Waals surface area contributed by atoms with Crippen molar-refractivity contribution in [1.29, 1.82) is 0 Å². The molecule has 4 nitrogen and oxygen atoms in total. The minimum absolute atomic E-state index is 0.0942. The molecule has 2 aromatic carbocycles. The lowest BCUT2D eigenvalue weighted by molar-refractivity contribution is 0.186. The molecular formula is C18H16N2O2. The summed E-state index contributed by atoms with van der Waals surface area (Å²) in [7, 11) is 0. The fraction of sp³-hybridized carbons (Fsp3) is 0.222. The number of hydrogen-bond donors (Lipinski definition) is 1. The number of rotatable bonds is 3. The topological polar surface area (TPSA) is 55.0 Å². The molecule has 4 rings (SSSR count). The SMILES string of the molecule is O=c1[nH]nc2c3c(cccc13)OC(CCc1ccccc1)C2. The third kappa shape index (κ3) is 2.26. The van der Waals surface area contributed by atoms with Crippen LogP contribution in [0.25, 0.3) is 10.8 Å². The number of aromatic nitrogens is 2. The average molecular weight is 292 g/mol. The molecule has 22 heavy (non-hydrogen) atoms. The van der Waals surface area contributed by atoms with Gasteiger partial charge in [0.2, 0.25) is 0 Å². The monoisotopic (exact) mass is 292 g/mol. The highest BCUT2D eigenvalue weighted by atomic mass is 16.5. The van der Waals surface area contributed by atoms with E-state index in [0.29, 0.717) is 5.39 Å². The third-order valence-electron chi connectivity index (χ3n) is 4.16. The van der Waals surface area contributed by atoms with Crippen molar-refractivity contribution in [3.8, 4) is 5.75 Å². The Morgan fingerprint density at radius 3 is 2.86 bits per heavy atom. The number of hydrogen-bond acceptors (Lipinski definition) is 3. The van der Waals surface area contributed by atoms with Crippen molar-refractivity contribution >= 4 is 10.8 Å². The third-order valence-corrected chi connectivity index (χ3v) is 4.16. The first kappa shape index (κ1) is 13.1. The molecular weight excluding hydrogens is 276 g/mol. The van der Waals surface area contributed by atoms with E-state index in [4.69, 9.17) is 4.74 Å². The second-order valence-electron chi connectivity index (χ2n) is 5.65. The van der Waals surface area contributed by atoms with E-state index in [9.17, 15) is 4.79 Å². The standard InChI is InChI=1S/C18H16N2O2/c21-18-14-7-4-8-16-17(14)15(19-20-18)11-13(22-16)10-9-12-5-2-1-3-6-12/h1-8,13H,9-11H2,(H,20,21). The van der Waals surface area contributed by atoms with Crippen molar-refractivity contribution in [3.63, 3.8) is 0 Å². The van der Waals surface area contributed by atoms with Gasteiger partial charge in [-0.2, -0.15) is 5.10 Å². The van der Waals surface area contributed by atoms with Gasteiger partial charge < -0.3 is 4.74 Å². The summed E-state index contributed by atoms with van der Waals surface area (Å²) in [6, 6.07) is 16.0. The van der Waals surface area contributed by atoms with Gasteiger partial charge in [-0.25, -0.2) is 5.10 Å². The zero-order valence-corrected chi connectivity index (χ0v) is 12.1. The minimum Gasteiger partial charge on any atom is -0.489 e. The molecule has 0 bridgehead atoms. The number of nitrogens with zero attached hydrogens (tertiary/aromatic N) is 1. The number of aromatic amines is 1. The number of nitrogens with one attached hydrogen (secondary N) is 1. The second-order valence-corrected chi connectivity index (χ2v) is 5.65. The van der Waals surface area contributed by atoms with E-state index in [2.05, 4.69) is 34.5 Å². The first-order valence-corrected chi connectivity index (χ1v) is 7.52. The van der Waals surface area contributed by atoms with Crippen LogP contribution in [0.5, 0.6) is 5.75 Å². The van der Waals surface area contributed by atoms with Gasteiger partial charge in [0.1, 0.15) is 11.9 Å². The molecule has 0 amide bonds. The van der Waals surface area contributed by atoms with Crippen LogP contribution in [-0.4, -0.2) is 16.3 Å². The average Bonchev–Trinajstić information content (AvgIpc) is 2.57. The highest BCUT2D eigenvalue weighted by molar-refractivity contribution is 5.90. The summed E-state index contributed by atoms with van der Waals surface area (Å²) >= 11 is 0. The van der Waals surface area contributed by atoms with Crippen molar-refractivity contribution in [3.05, 3.63) is 70.1 Å². The van der Waals surface area contributed by atoms with Crippen molar-refractivity contribution < 1.29 is 4.74 Å². The Bertz CT molecular complexity index is 859. The van der Waals surface area contributed by atoms with Gasteiger partial charge in [-0.15, -0.1) is 0 Å². The van der Waals surface area contributed by atoms with Crippen LogP contribution < -0.4 is 10.3 Å². The van der Waals surface area contributed by atoms with Crippen LogP contribution in [0.1, 0.15) is 17.7 Å². The quantitative estimate of drug-likeness (QED) is 0.807. The summed E-state index contributed by atoms with van der Waals surface area (Å²) in [6.45, 7) is 0. The van der Waals surface area contributed by atoms with Crippen LogP contribution in [0.2, 0.25) is 0 Å². The van der Waals surface area contributed by atoms with E-state index >= 15 is 0 Å². The number of aryl methyl sites for hydroxylation is 1. The number of H-pyrrole nitrogens is 1. The van der Waals surface area contributed by atoms with Crippen LogP contribution in [-0.2, 0) is 12.8 Å². The Morgan fingerprint density at radius 2 is 2.00 bits per heavy atom. The predicted octanol–water partition coefficient (Wildman–Crippen LogP) is 2.86. The highest BCUT2D eigenvalue weighted by Gasteiger charge is 2.23. The van der Waals surface area contributed by atoms with Gasteiger partial charge in [-0.1, -0.05) is 36.4 Å². The molecule has 0 saturated carbocycles. The van der Waals surface area contributed by atoms with E-state index in [1.807, 2.05) is 24.3 Å². The molecule has 1 atom stereocenters. The van der Waals surface area contributed by atoms with Crippen LogP contribution in [0.15, 0.2) is 53.3 Å². The first-order valence-electron chi connectivity index (χ1n) is 7.52. The van der Waals surface area contributed by atoms with Gasteiger partial charge in [0.25, 0.3) is 5.56 Å². The maximum atomic E-state index is 11.8. The van der Waals surface area contributed by atoms with E-state index < -0.39 is 0 Å². The molecule has 1 unspecified atom stereocenters. The fourth-order valence-corrected chi connectivity index (χ4v) is 3.07. The molecule has 0 fully saturated rings. The van der Waals surface area contributed by atoms with E-state index in [0.717, 1.165) is 36.1 Å². The lowest BCUT2D eigenvalue weighted by atomic mass is 9.98. The Kier molecular flexibility index (Phi) is 3.15. The van der Waals surface area contributed by atoms with E-state index in [-0.39, 0.29) is 11.7 Å². The fourth-order valence-electron chi connectivity index (χ4n) is 3.07. The Morgan fingerprint density at radius 1 is 1.14 bits per heavy atom. The normalized spacial score (nSPS) is 16.5. The van der Waals surface area contributed by atoms with Gasteiger partial charge in [-0.3, -0.25) is 4.79 Å². The molecule has 1 aliphatic rings. The molecule has 0 saturated heterocycles. The molecule has 0 spiro atoms. The maximum Gasteiger partial charge on any atom is 0.272 e. The lowest BCUT2D eigenvalue weighted by Gasteiger charge is -2.25. The second kappa shape index (κ2) is 5.30. The van der Waals surface area contributed by atoms with Crippen LogP contribution in [0.4, 0.5) is 0 Å². The zero-order valence-electron chi connectivity index (χ0n) is 12.1. The van der Waals surface area contributed by atoms with Crippen molar-refractivity contribution in [2.75, 3.05) is 0 Å². The number of benzene rings is 2. The van der Waals surface area contributed by atoms with Gasteiger partial charge in [0.05, 0.1) is 16.5 Å². The summed E-state index contributed by atoms with van der Waals surface area (Å²) in [4.78, 5) is 11.8. The molecule has 2 heterocycles. The van der Waals surface area contributed by atoms with E-state index in [1.165, 1.54) is 5.56 Å². The smallest absolute Gasteiger partial charge is 0.272 e. The molecule has 4 heteroatoms. The molecule has 1 aliphatic heterocycles. The van der Waals surface area contributed by atoms with Gasteiger partial charge in [0.15, 0.2) is 0 Å². The summed E-state index contributed by atoms with van der Waals surface area (Å²) in [5.74, 6) is 0.774. The summed E-state index contributed by atoms with van der Waals surface area (Å²) in [6.07, 6.45) is 2.73. The summed E-state index contributed by atoms with van der Waals surface area (Å²) < 4.78 is 6.09. The molecule has 0 aliphatic carbocycles. The lowest BCUT2D eigenvalue weighted by Crippen LogP contribution is -2.27. The predicted molar refractivity (Wildman–Crippen MR) is 85.2 cm³/mol. The van der Waals surface area contributed by atoms with Crippen LogP contribution in [0, 0.1) is 0 Å². The van der Waals surface area contributed by atoms with E-state index in [1.54, 1.807) is 0 Å². The molecule has 1 N–H and O–H groups in total. The minimum atomic E-state index is -0.160. The van der Waals surface area contributed by atoms with Gasteiger partial charge >= 0.3 is 0 Å². The molecule has 0 radical (unpaired) electrons. The molecule has 1 aromatic heterocycles. The van der Waals surface area contributed by atoms with Crippen LogP contribution in [0.3, 0.4) is 0 Å². The largest absolute Gasteiger partial charge is 0.489 e.